The summed E-state index contributed by atoms with van der Waals surface area (Å²) >= 11 is 0. The molecule has 0 aromatic rings. The van der Waals surface area contributed by atoms with Crippen LogP contribution in [0.5, 0.6) is 0 Å². The molecular formula is C15H27NO4. The fraction of sp³-hybridized carbons (Fsp3) is 0.867. The molecule has 0 bridgehead atoms. The molecule has 0 saturated carbocycles. The van der Waals surface area contributed by atoms with Gasteiger partial charge in [-0.25, -0.2) is 4.79 Å². The smallest absolute Gasteiger partial charge is 0.412 e. The van der Waals surface area contributed by atoms with Crippen molar-refractivity contribution < 1.29 is 19.1 Å². The number of carbonyl (C=O) groups excluding carboxylic acids is 2. The minimum absolute atomic E-state index is 0.243. The third kappa shape index (κ3) is 4.20. The summed E-state index contributed by atoms with van der Waals surface area (Å²) in [7, 11) is 0. The Hall–Kier alpha value is -1.10. The van der Waals surface area contributed by atoms with E-state index < -0.39 is 17.8 Å². The monoisotopic (exact) mass is 285 g/mol. The van der Waals surface area contributed by atoms with Gasteiger partial charge in [0.15, 0.2) is 6.29 Å². The Morgan fingerprint density at radius 3 is 2.40 bits per heavy atom. The first kappa shape index (κ1) is 17.0. The number of hydrogen-bond donors (Lipinski definition) is 0. The molecule has 0 radical (unpaired) electrons. The van der Waals surface area contributed by atoms with Crippen LogP contribution in [0.15, 0.2) is 0 Å². The Balaban J connectivity index is 2.95. The van der Waals surface area contributed by atoms with Gasteiger partial charge in [-0.3, -0.25) is 4.90 Å². The number of nitrogens with zero attached hydrogens (tertiary/aromatic N) is 1. The van der Waals surface area contributed by atoms with Crippen molar-refractivity contribution in [1.29, 1.82) is 0 Å². The topological polar surface area (TPSA) is 55.8 Å². The molecule has 1 aliphatic rings. The van der Waals surface area contributed by atoms with Gasteiger partial charge in [0, 0.05) is 0 Å². The highest BCUT2D eigenvalue weighted by atomic mass is 16.6. The molecule has 0 aromatic carbocycles. The van der Waals surface area contributed by atoms with Crippen molar-refractivity contribution in [2.45, 2.75) is 78.4 Å². The van der Waals surface area contributed by atoms with Gasteiger partial charge in [0.05, 0.1) is 6.04 Å². The van der Waals surface area contributed by atoms with Crippen molar-refractivity contribution in [2.24, 2.45) is 5.92 Å². The Morgan fingerprint density at radius 1 is 1.40 bits per heavy atom. The van der Waals surface area contributed by atoms with E-state index in [1.54, 1.807) is 4.90 Å². The zero-order chi connectivity index (χ0) is 15.5. The van der Waals surface area contributed by atoms with Gasteiger partial charge in [-0.1, -0.05) is 20.8 Å². The SMILES string of the molecule is CCC1O[C@@H](C=O)[C@H](CC(C)C)N1C(=O)OC(C)(C)C. The zero-order valence-electron chi connectivity index (χ0n) is 13.4. The van der Waals surface area contributed by atoms with Crippen LogP contribution in [-0.2, 0) is 14.3 Å². The second-order valence-electron chi connectivity index (χ2n) is 6.68. The molecule has 1 fully saturated rings. The molecule has 0 N–H and O–H groups in total. The summed E-state index contributed by atoms with van der Waals surface area (Å²) in [6, 6.07) is -0.243. The molecule has 0 spiro atoms. The highest BCUT2D eigenvalue weighted by Gasteiger charge is 2.45. The van der Waals surface area contributed by atoms with Gasteiger partial charge >= 0.3 is 6.09 Å². The van der Waals surface area contributed by atoms with Crippen LogP contribution in [0.25, 0.3) is 0 Å². The van der Waals surface area contributed by atoms with E-state index in [9.17, 15) is 9.59 Å². The van der Waals surface area contributed by atoms with Crippen LogP contribution in [0.2, 0.25) is 0 Å². The third-order valence-corrected chi connectivity index (χ3v) is 3.16. The van der Waals surface area contributed by atoms with Crippen LogP contribution >= 0.6 is 0 Å². The minimum Gasteiger partial charge on any atom is -0.444 e. The summed E-state index contributed by atoms with van der Waals surface area (Å²) in [5.41, 5.74) is -0.559. The summed E-state index contributed by atoms with van der Waals surface area (Å²) < 4.78 is 11.1. The van der Waals surface area contributed by atoms with Crippen molar-refractivity contribution in [3.8, 4) is 0 Å². The largest absolute Gasteiger partial charge is 0.444 e. The maximum absolute atomic E-state index is 12.4. The number of amides is 1. The summed E-state index contributed by atoms with van der Waals surface area (Å²) in [6.07, 6.45) is 0.801. The molecule has 116 valence electrons. The van der Waals surface area contributed by atoms with E-state index in [-0.39, 0.29) is 12.3 Å². The zero-order valence-corrected chi connectivity index (χ0v) is 13.4. The molecule has 20 heavy (non-hydrogen) atoms. The van der Waals surface area contributed by atoms with Gasteiger partial charge in [-0.05, 0) is 39.5 Å². The average Bonchev–Trinajstić information content (AvgIpc) is 2.63. The molecule has 3 atom stereocenters. The van der Waals surface area contributed by atoms with E-state index in [1.165, 1.54) is 0 Å². The lowest BCUT2D eigenvalue weighted by molar-refractivity contribution is -0.118. The van der Waals surface area contributed by atoms with E-state index >= 15 is 0 Å². The van der Waals surface area contributed by atoms with E-state index in [4.69, 9.17) is 9.47 Å². The highest BCUT2D eigenvalue weighted by molar-refractivity contribution is 5.71. The lowest BCUT2D eigenvalue weighted by Gasteiger charge is -2.31. The van der Waals surface area contributed by atoms with E-state index in [1.807, 2.05) is 27.7 Å². The van der Waals surface area contributed by atoms with Crippen molar-refractivity contribution in [3.05, 3.63) is 0 Å². The Morgan fingerprint density at radius 2 is 2.00 bits per heavy atom. The van der Waals surface area contributed by atoms with Crippen molar-refractivity contribution in [1.82, 2.24) is 4.90 Å². The van der Waals surface area contributed by atoms with Gasteiger partial charge in [-0.2, -0.15) is 0 Å². The molecule has 5 nitrogen and oxygen atoms in total. The fourth-order valence-electron chi connectivity index (χ4n) is 2.42. The Bertz CT molecular complexity index is 348. The summed E-state index contributed by atoms with van der Waals surface area (Å²) in [6.45, 7) is 11.6. The normalized spacial score (nSPS) is 26.9. The van der Waals surface area contributed by atoms with E-state index in [0.29, 0.717) is 12.3 Å². The van der Waals surface area contributed by atoms with Gasteiger partial charge in [-0.15, -0.1) is 0 Å². The molecule has 1 unspecified atom stereocenters. The number of carbonyl (C=O) groups is 2. The lowest BCUT2D eigenvalue weighted by atomic mass is 9.99. The standard InChI is InChI=1S/C15H27NO4/c1-7-13-16(14(18)20-15(4,5)6)11(8-10(2)3)12(9-17)19-13/h9-13H,7-8H2,1-6H3/t11-,12-,13?/m0/s1. The first-order chi connectivity index (χ1) is 9.19. The van der Waals surface area contributed by atoms with Crippen LogP contribution in [0.1, 0.15) is 54.4 Å². The molecular weight excluding hydrogens is 258 g/mol. The summed E-state index contributed by atoms with van der Waals surface area (Å²) in [5, 5.41) is 0. The first-order valence-electron chi connectivity index (χ1n) is 7.31. The van der Waals surface area contributed by atoms with Crippen LogP contribution in [0.3, 0.4) is 0 Å². The predicted octanol–water partition coefficient (Wildman–Crippen LogP) is 2.97. The second kappa shape index (κ2) is 6.57. The quantitative estimate of drug-likeness (QED) is 0.745. The Labute approximate surface area is 121 Å². The second-order valence-corrected chi connectivity index (χ2v) is 6.68. The van der Waals surface area contributed by atoms with E-state index in [0.717, 1.165) is 12.7 Å². The summed E-state index contributed by atoms with van der Waals surface area (Å²) in [4.78, 5) is 25.2. The van der Waals surface area contributed by atoms with Crippen molar-refractivity contribution >= 4 is 12.4 Å². The minimum atomic E-state index is -0.560. The maximum Gasteiger partial charge on any atom is 0.412 e. The molecule has 0 aliphatic carbocycles. The van der Waals surface area contributed by atoms with Crippen LogP contribution < -0.4 is 0 Å². The van der Waals surface area contributed by atoms with Gasteiger partial charge in [0.1, 0.15) is 17.9 Å². The van der Waals surface area contributed by atoms with Gasteiger partial charge in [0.25, 0.3) is 0 Å². The highest BCUT2D eigenvalue weighted by Crippen LogP contribution is 2.30. The van der Waals surface area contributed by atoms with Crippen LogP contribution in [0, 0.1) is 5.92 Å². The third-order valence-electron chi connectivity index (χ3n) is 3.16. The van der Waals surface area contributed by atoms with Gasteiger partial charge < -0.3 is 14.3 Å². The molecule has 0 aromatic heterocycles. The number of rotatable bonds is 4. The molecule has 1 rings (SSSR count). The maximum atomic E-state index is 12.4. The Kier molecular flexibility index (Phi) is 5.57. The van der Waals surface area contributed by atoms with E-state index in [2.05, 4.69) is 13.8 Å². The van der Waals surface area contributed by atoms with Crippen molar-refractivity contribution in [2.75, 3.05) is 0 Å². The van der Waals surface area contributed by atoms with Crippen LogP contribution in [-0.4, -0.2) is 41.3 Å². The van der Waals surface area contributed by atoms with Crippen molar-refractivity contribution in [3.63, 3.8) is 0 Å². The number of hydrogen-bond acceptors (Lipinski definition) is 4. The fourth-order valence-corrected chi connectivity index (χ4v) is 2.42. The average molecular weight is 285 g/mol. The molecule has 1 saturated heterocycles. The molecule has 5 heteroatoms. The molecule has 1 amide bonds. The first-order valence-corrected chi connectivity index (χ1v) is 7.31. The molecule has 1 aliphatic heterocycles. The number of ether oxygens (including phenoxy) is 2. The lowest BCUT2D eigenvalue weighted by Crippen LogP contribution is -2.46. The van der Waals surface area contributed by atoms with Gasteiger partial charge in [0.2, 0.25) is 0 Å². The molecule has 1 heterocycles. The predicted molar refractivity (Wildman–Crippen MR) is 76.3 cm³/mol. The number of aldehydes is 1. The van der Waals surface area contributed by atoms with Crippen LogP contribution in [0.4, 0.5) is 4.79 Å². The summed E-state index contributed by atoms with van der Waals surface area (Å²) in [5.74, 6) is 0.367.